The van der Waals surface area contributed by atoms with Crippen LogP contribution in [-0.4, -0.2) is 36.9 Å². The number of hydrogen-bond acceptors (Lipinski definition) is 5. The molecule has 0 spiro atoms. The van der Waals surface area contributed by atoms with Crippen molar-refractivity contribution in [2.45, 2.75) is 38.1 Å². The van der Waals surface area contributed by atoms with Crippen LogP contribution in [-0.2, 0) is 11.8 Å². The Hall–Kier alpha value is -2.18. The lowest BCUT2D eigenvalue weighted by molar-refractivity contribution is -0.139. The van der Waals surface area contributed by atoms with Crippen LogP contribution in [0.15, 0.2) is 12.5 Å². The predicted octanol–water partition coefficient (Wildman–Crippen LogP) is 1.81. The summed E-state index contributed by atoms with van der Waals surface area (Å²) in [5, 5.41) is 17.5. The third-order valence-corrected chi connectivity index (χ3v) is 4.21. The lowest BCUT2D eigenvalue weighted by atomic mass is 9.84. The first-order chi connectivity index (χ1) is 10.2. The third kappa shape index (κ3) is 2.68. The maximum Gasteiger partial charge on any atom is 0.326 e. The molecule has 0 aliphatic heterocycles. The number of fused-ring (bicyclic) bond motifs is 1. The predicted molar refractivity (Wildman–Crippen MR) is 77.9 cm³/mol. The summed E-state index contributed by atoms with van der Waals surface area (Å²) in [7, 11) is 1.80. The summed E-state index contributed by atoms with van der Waals surface area (Å²) < 4.78 is 1.65. The maximum absolute atomic E-state index is 11.6. The van der Waals surface area contributed by atoms with Gasteiger partial charge in [-0.1, -0.05) is 19.3 Å². The van der Waals surface area contributed by atoms with Gasteiger partial charge in [-0.3, -0.25) is 4.68 Å². The SMILES string of the molecule is Cn1ncc2c(NC(C(=O)O)C3CCCCC3)ncnc21. The lowest BCUT2D eigenvalue weighted by Gasteiger charge is -2.28. The van der Waals surface area contributed by atoms with Crippen molar-refractivity contribution < 1.29 is 9.90 Å². The minimum Gasteiger partial charge on any atom is -0.480 e. The fourth-order valence-corrected chi connectivity index (χ4v) is 3.07. The van der Waals surface area contributed by atoms with Gasteiger partial charge in [0.25, 0.3) is 0 Å². The molecule has 1 unspecified atom stereocenters. The molecule has 7 nitrogen and oxygen atoms in total. The highest BCUT2D eigenvalue weighted by molar-refractivity contribution is 5.88. The molecule has 1 fully saturated rings. The molecule has 3 rings (SSSR count). The molecular weight excluding hydrogens is 270 g/mol. The van der Waals surface area contributed by atoms with E-state index < -0.39 is 12.0 Å². The van der Waals surface area contributed by atoms with Crippen molar-refractivity contribution in [2.75, 3.05) is 5.32 Å². The molecule has 1 aliphatic carbocycles. The Morgan fingerprint density at radius 3 is 2.86 bits per heavy atom. The molecule has 112 valence electrons. The molecule has 2 aromatic rings. The molecule has 2 N–H and O–H groups in total. The molecule has 0 radical (unpaired) electrons. The number of aliphatic carboxylic acids is 1. The molecule has 1 atom stereocenters. The van der Waals surface area contributed by atoms with Crippen molar-refractivity contribution in [3.8, 4) is 0 Å². The molecule has 0 aromatic carbocycles. The minimum absolute atomic E-state index is 0.151. The van der Waals surface area contributed by atoms with E-state index in [1.165, 1.54) is 12.7 Å². The van der Waals surface area contributed by atoms with E-state index in [0.29, 0.717) is 11.5 Å². The first kappa shape index (κ1) is 13.8. The van der Waals surface area contributed by atoms with E-state index in [-0.39, 0.29) is 5.92 Å². The third-order valence-electron chi connectivity index (χ3n) is 4.21. The quantitative estimate of drug-likeness (QED) is 0.891. The minimum atomic E-state index is -0.822. The number of anilines is 1. The molecule has 0 bridgehead atoms. The Bertz CT molecular complexity index is 648. The van der Waals surface area contributed by atoms with E-state index in [4.69, 9.17) is 0 Å². The highest BCUT2D eigenvalue weighted by Crippen LogP contribution is 2.29. The zero-order valence-corrected chi connectivity index (χ0v) is 12.0. The van der Waals surface area contributed by atoms with Gasteiger partial charge in [-0.05, 0) is 18.8 Å². The zero-order chi connectivity index (χ0) is 14.8. The van der Waals surface area contributed by atoms with Gasteiger partial charge in [0.15, 0.2) is 5.65 Å². The summed E-state index contributed by atoms with van der Waals surface area (Å²) in [4.78, 5) is 20.0. The monoisotopic (exact) mass is 289 g/mol. The molecule has 0 saturated heterocycles. The topological polar surface area (TPSA) is 92.9 Å². The summed E-state index contributed by atoms with van der Waals surface area (Å²) >= 11 is 0. The molecule has 1 saturated carbocycles. The molecule has 21 heavy (non-hydrogen) atoms. The van der Waals surface area contributed by atoms with Gasteiger partial charge in [0.2, 0.25) is 0 Å². The van der Waals surface area contributed by atoms with Crippen LogP contribution < -0.4 is 5.32 Å². The molecule has 2 aromatic heterocycles. The van der Waals surface area contributed by atoms with Gasteiger partial charge in [0.05, 0.1) is 11.6 Å². The van der Waals surface area contributed by atoms with Crippen LogP contribution in [0.2, 0.25) is 0 Å². The van der Waals surface area contributed by atoms with Crippen molar-refractivity contribution in [2.24, 2.45) is 13.0 Å². The average molecular weight is 289 g/mol. The summed E-state index contributed by atoms with van der Waals surface area (Å²) in [6.45, 7) is 0. The standard InChI is InChI=1S/C14H19N5O2/c1-19-13-10(7-17-19)12(15-8-16-13)18-11(14(20)21)9-5-3-2-4-6-9/h7-9,11H,2-6H2,1H3,(H,20,21)(H,15,16,18). The molecular formula is C14H19N5O2. The van der Waals surface area contributed by atoms with Gasteiger partial charge >= 0.3 is 5.97 Å². The lowest BCUT2D eigenvalue weighted by Crippen LogP contribution is -2.38. The van der Waals surface area contributed by atoms with Crippen molar-refractivity contribution in [1.29, 1.82) is 0 Å². The Morgan fingerprint density at radius 1 is 1.38 bits per heavy atom. The highest BCUT2D eigenvalue weighted by Gasteiger charge is 2.30. The summed E-state index contributed by atoms with van der Waals surface area (Å²) in [6, 6.07) is -0.608. The van der Waals surface area contributed by atoms with E-state index in [9.17, 15) is 9.90 Å². The largest absolute Gasteiger partial charge is 0.480 e. The molecule has 2 heterocycles. The second-order valence-electron chi connectivity index (χ2n) is 5.59. The number of aryl methyl sites for hydroxylation is 1. The fourth-order valence-electron chi connectivity index (χ4n) is 3.07. The normalized spacial score (nSPS) is 17.8. The first-order valence-corrected chi connectivity index (χ1v) is 7.29. The van der Waals surface area contributed by atoms with Gasteiger partial charge in [0.1, 0.15) is 18.2 Å². The van der Waals surface area contributed by atoms with Gasteiger partial charge in [-0.15, -0.1) is 0 Å². The van der Waals surface area contributed by atoms with E-state index in [2.05, 4.69) is 20.4 Å². The number of rotatable bonds is 4. The van der Waals surface area contributed by atoms with Gasteiger partial charge < -0.3 is 10.4 Å². The van der Waals surface area contributed by atoms with Crippen LogP contribution >= 0.6 is 0 Å². The van der Waals surface area contributed by atoms with Crippen LogP contribution in [0.1, 0.15) is 32.1 Å². The Labute approximate surface area is 122 Å². The van der Waals surface area contributed by atoms with E-state index in [1.54, 1.807) is 17.9 Å². The van der Waals surface area contributed by atoms with E-state index in [0.717, 1.165) is 31.1 Å². The molecule has 0 amide bonds. The van der Waals surface area contributed by atoms with E-state index >= 15 is 0 Å². The highest BCUT2D eigenvalue weighted by atomic mass is 16.4. The number of aromatic nitrogens is 4. The number of carboxylic acid groups (broad SMARTS) is 1. The summed E-state index contributed by atoms with van der Waals surface area (Å²) in [6.07, 6.45) is 8.40. The first-order valence-electron chi connectivity index (χ1n) is 7.29. The van der Waals surface area contributed by atoms with Crippen molar-refractivity contribution >= 4 is 22.8 Å². The second-order valence-corrected chi connectivity index (χ2v) is 5.59. The number of carboxylic acids is 1. The maximum atomic E-state index is 11.6. The number of nitrogens with one attached hydrogen (secondary N) is 1. The van der Waals surface area contributed by atoms with Crippen LogP contribution in [0.3, 0.4) is 0 Å². The summed E-state index contributed by atoms with van der Waals surface area (Å²) in [5.41, 5.74) is 0.695. The fraction of sp³-hybridized carbons (Fsp3) is 0.571. The van der Waals surface area contributed by atoms with Gasteiger partial charge in [-0.25, -0.2) is 14.8 Å². The summed E-state index contributed by atoms with van der Waals surface area (Å²) in [5.74, 6) is -0.124. The average Bonchev–Trinajstić information content (AvgIpc) is 2.88. The smallest absolute Gasteiger partial charge is 0.326 e. The Morgan fingerprint density at radius 2 is 2.14 bits per heavy atom. The van der Waals surface area contributed by atoms with Gasteiger partial charge in [0, 0.05) is 7.05 Å². The Kier molecular flexibility index (Phi) is 3.72. The second kappa shape index (κ2) is 5.67. The molecule has 1 aliphatic rings. The van der Waals surface area contributed by atoms with Crippen molar-refractivity contribution in [3.05, 3.63) is 12.5 Å². The Balaban J connectivity index is 1.89. The van der Waals surface area contributed by atoms with Crippen LogP contribution in [0.5, 0.6) is 0 Å². The van der Waals surface area contributed by atoms with E-state index in [1.807, 2.05) is 0 Å². The zero-order valence-electron chi connectivity index (χ0n) is 12.0. The van der Waals surface area contributed by atoms with Gasteiger partial charge in [-0.2, -0.15) is 5.10 Å². The number of nitrogens with zero attached hydrogens (tertiary/aromatic N) is 4. The van der Waals surface area contributed by atoms with Crippen molar-refractivity contribution in [3.63, 3.8) is 0 Å². The number of carbonyl (C=O) groups is 1. The van der Waals surface area contributed by atoms with Crippen LogP contribution in [0, 0.1) is 5.92 Å². The molecule has 7 heteroatoms. The van der Waals surface area contributed by atoms with Crippen LogP contribution in [0.4, 0.5) is 5.82 Å². The van der Waals surface area contributed by atoms with Crippen molar-refractivity contribution in [1.82, 2.24) is 19.7 Å². The number of hydrogen-bond donors (Lipinski definition) is 2. The van der Waals surface area contributed by atoms with Crippen LogP contribution in [0.25, 0.3) is 11.0 Å².